The summed E-state index contributed by atoms with van der Waals surface area (Å²) in [5.74, 6) is 0. The van der Waals surface area contributed by atoms with Gasteiger partial charge in [-0.3, -0.25) is 5.32 Å². The fourth-order valence-corrected chi connectivity index (χ4v) is 2.63. The molecule has 0 bridgehead atoms. The maximum atomic E-state index is 11.9. The Kier molecular flexibility index (Phi) is 4.59. The maximum Gasteiger partial charge on any atom is 0.411 e. The Bertz CT molecular complexity index is 622. The zero-order valence-electron chi connectivity index (χ0n) is 12.5. The number of nitrogens with zero attached hydrogens (tertiary/aromatic N) is 1. The van der Waals surface area contributed by atoms with E-state index in [4.69, 9.17) is 4.74 Å². The molecule has 4 heteroatoms. The molecule has 1 aliphatic rings. The molecule has 114 valence electrons. The first-order valence-electron chi connectivity index (χ1n) is 7.64. The first-order chi connectivity index (χ1) is 10.8. The highest BCUT2D eigenvalue weighted by molar-refractivity contribution is 5.85. The van der Waals surface area contributed by atoms with Gasteiger partial charge in [0.15, 0.2) is 0 Å². The molecule has 0 radical (unpaired) electrons. The number of hydrogen-bond donors (Lipinski definition) is 1. The second-order valence-electron chi connectivity index (χ2n) is 5.43. The number of carbonyl (C=O) groups excluding carboxylic acids is 1. The number of anilines is 2. The van der Waals surface area contributed by atoms with Crippen LogP contribution in [0.3, 0.4) is 0 Å². The van der Waals surface area contributed by atoms with Crippen LogP contribution in [-0.2, 0) is 11.3 Å². The topological polar surface area (TPSA) is 41.6 Å². The summed E-state index contributed by atoms with van der Waals surface area (Å²) in [6, 6.07) is 17.6. The number of carbonyl (C=O) groups is 1. The van der Waals surface area contributed by atoms with Gasteiger partial charge in [-0.1, -0.05) is 36.4 Å². The molecule has 2 aromatic rings. The van der Waals surface area contributed by atoms with E-state index in [1.165, 1.54) is 12.8 Å². The summed E-state index contributed by atoms with van der Waals surface area (Å²) in [6.45, 7) is 2.45. The molecule has 2 aromatic carbocycles. The molecule has 0 spiro atoms. The second-order valence-corrected chi connectivity index (χ2v) is 5.43. The monoisotopic (exact) mass is 296 g/mol. The van der Waals surface area contributed by atoms with Crippen molar-refractivity contribution in [1.29, 1.82) is 0 Å². The minimum atomic E-state index is -0.428. The largest absolute Gasteiger partial charge is 0.444 e. The van der Waals surface area contributed by atoms with Crippen molar-refractivity contribution < 1.29 is 9.53 Å². The van der Waals surface area contributed by atoms with E-state index in [0.29, 0.717) is 0 Å². The molecule has 0 aromatic heterocycles. The van der Waals surface area contributed by atoms with E-state index in [2.05, 4.69) is 16.3 Å². The van der Waals surface area contributed by atoms with Gasteiger partial charge in [0, 0.05) is 24.5 Å². The lowest BCUT2D eigenvalue weighted by molar-refractivity contribution is 0.155. The number of nitrogens with one attached hydrogen (secondary N) is 1. The average molecular weight is 296 g/mol. The van der Waals surface area contributed by atoms with Crippen LogP contribution in [0.2, 0.25) is 0 Å². The molecule has 3 rings (SSSR count). The van der Waals surface area contributed by atoms with Crippen LogP contribution in [0, 0.1) is 0 Å². The molecule has 0 saturated carbocycles. The normalized spacial score (nSPS) is 13.9. The molecule has 1 heterocycles. The van der Waals surface area contributed by atoms with Crippen LogP contribution in [0.1, 0.15) is 18.4 Å². The molecule has 1 N–H and O–H groups in total. The summed E-state index contributed by atoms with van der Waals surface area (Å²) in [4.78, 5) is 14.2. The fraction of sp³-hybridized carbons (Fsp3) is 0.278. The van der Waals surface area contributed by atoms with Crippen LogP contribution in [0.4, 0.5) is 16.2 Å². The predicted octanol–water partition coefficient (Wildman–Crippen LogP) is 4.04. The summed E-state index contributed by atoms with van der Waals surface area (Å²) < 4.78 is 5.23. The molecule has 1 saturated heterocycles. The van der Waals surface area contributed by atoms with Gasteiger partial charge in [0.05, 0.1) is 0 Å². The molecule has 4 nitrogen and oxygen atoms in total. The van der Waals surface area contributed by atoms with E-state index in [9.17, 15) is 4.79 Å². The Morgan fingerprint density at radius 2 is 1.82 bits per heavy atom. The summed E-state index contributed by atoms with van der Waals surface area (Å²) in [6.07, 6.45) is 2.04. The van der Waals surface area contributed by atoms with E-state index < -0.39 is 6.09 Å². The Morgan fingerprint density at radius 3 is 2.59 bits per heavy atom. The highest BCUT2D eigenvalue weighted by Crippen LogP contribution is 2.23. The quantitative estimate of drug-likeness (QED) is 0.926. The zero-order valence-corrected chi connectivity index (χ0v) is 12.5. The molecule has 0 aliphatic carbocycles. The van der Waals surface area contributed by atoms with Gasteiger partial charge in [0.25, 0.3) is 0 Å². The standard InChI is InChI=1S/C18H20N2O2/c21-18(22-14-15-7-2-1-3-8-15)19-16-9-6-10-17(13-16)20-11-4-5-12-20/h1-3,6-10,13H,4-5,11-12,14H2,(H,19,21). The molecule has 22 heavy (non-hydrogen) atoms. The van der Waals surface area contributed by atoms with E-state index in [-0.39, 0.29) is 6.61 Å². The summed E-state index contributed by atoms with van der Waals surface area (Å²) in [5, 5.41) is 2.79. The summed E-state index contributed by atoms with van der Waals surface area (Å²) >= 11 is 0. The number of ether oxygens (including phenoxy) is 1. The summed E-state index contributed by atoms with van der Waals surface area (Å²) in [7, 11) is 0. The fourth-order valence-electron chi connectivity index (χ4n) is 2.63. The van der Waals surface area contributed by atoms with Gasteiger partial charge in [-0.15, -0.1) is 0 Å². The zero-order chi connectivity index (χ0) is 15.2. The van der Waals surface area contributed by atoms with Crippen molar-refractivity contribution in [2.75, 3.05) is 23.3 Å². The van der Waals surface area contributed by atoms with Gasteiger partial charge in [0.2, 0.25) is 0 Å². The number of rotatable bonds is 4. The average Bonchev–Trinajstić information content (AvgIpc) is 3.09. The van der Waals surface area contributed by atoms with Crippen LogP contribution in [-0.4, -0.2) is 19.2 Å². The van der Waals surface area contributed by atoms with Crippen molar-refractivity contribution in [2.24, 2.45) is 0 Å². The van der Waals surface area contributed by atoms with Crippen LogP contribution >= 0.6 is 0 Å². The minimum absolute atomic E-state index is 0.276. The number of hydrogen-bond acceptors (Lipinski definition) is 3. The van der Waals surface area contributed by atoms with E-state index in [1.54, 1.807) is 0 Å². The van der Waals surface area contributed by atoms with Gasteiger partial charge >= 0.3 is 6.09 Å². The smallest absolute Gasteiger partial charge is 0.411 e. The number of benzene rings is 2. The minimum Gasteiger partial charge on any atom is -0.444 e. The first-order valence-corrected chi connectivity index (χ1v) is 7.64. The van der Waals surface area contributed by atoms with Crippen molar-refractivity contribution in [2.45, 2.75) is 19.4 Å². The third-order valence-electron chi connectivity index (χ3n) is 3.78. The first kappa shape index (κ1) is 14.4. The van der Waals surface area contributed by atoms with Crippen molar-refractivity contribution >= 4 is 17.5 Å². The van der Waals surface area contributed by atoms with Crippen LogP contribution < -0.4 is 10.2 Å². The second kappa shape index (κ2) is 6.98. The molecule has 1 aliphatic heterocycles. The Balaban J connectivity index is 1.56. The molecule has 0 atom stereocenters. The Hall–Kier alpha value is -2.49. The Morgan fingerprint density at radius 1 is 1.05 bits per heavy atom. The van der Waals surface area contributed by atoms with Crippen molar-refractivity contribution in [3.63, 3.8) is 0 Å². The van der Waals surface area contributed by atoms with Crippen LogP contribution in [0.15, 0.2) is 54.6 Å². The van der Waals surface area contributed by atoms with Gasteiger partial charge in [0.1, 0.15) is 6.61 Å². The van der Waals surface area contributed by atoms with Crippen LogP contribution in [0.25, 0.3) is 0 Å². The van der Waals surface area contributed by atoms with Gasteiger partial charge in [-0.25, -0.2) is 4.79 Å². The molecule has 1 fully saturated rings. The maximum absolute atomic E-state index is 11.9. The van der Waals surface area contributed by atoms with E-state index in [1.807, 2.05) is 48.5 Å². The van der Waals surface area contributed by atoms with Crippen molar-refractivity contribution in [3.8, 4) is 0 Å². The third-order valence-corrected chi connectivity index (χ3v) is 3.78. The van der Waals surface area contributed by atoms with Crippen molar-refractivity contribution in [1.82, 2.24) is 0 Å². The van der Waals surface area contributed by atoms with Gasteiger partial charge < -0.3 is 9.64 Å². The third kappa shape index (κ3) is 3.79. The van der Waals surface area contributed by atoms with Gasteiger partial charge in [-0.2, -0.15) is 0 Å². The van der Waals surface area contributed by atoms with E-state index in [0.717, 1.165) is 30.0 Å². The number of amides is 1. The molecular formula is C18H20N2O2. The molecular weight excluding hydrogens is 276 g/mol. The highest BCUT2D eigenvalue weighted by atomic mass is 16.5. The van der Waals surface area contributed by atoms with E-state index >= 15 is 0 Å². The molecule has 1 amide bonds. The lowest BCUT2D eigenvalue weighted by atomic mass is 10.2. The summed E-state index contributed by atoms with van der Waals surface area (Å²) in [5.41, 5.74) is 2.89. The highest BCUT2D eigenvalue weighted by Gasteiger charge is 2.13. The predicted molar refractivity (Wildman–Crippen MR) is 88.1 cm³/mol. The SMILES string of the molecule is O=C(Nc1cccc(N2CCCC2)c1)OCc1ccccc1. The van der Waals surface area contributed by atoms with Crippen molar-refractivity contribution in [3.05, 3.63) is 60.2 Å². The lowest BCUT2D eigenvalue weighted by Crippen LogP contribution is -2.18. The van der Waals surface area contributed by atoms with Gasteiger partial charge in [-0.05, 0) is 36.6 Å². The lowest BCUT2D eigenvalue weighted by Gasteiger charge is -2.18. The van der Waals surface area contributed by atoms with Crippen LogP contribution in [0.5, 0.6) is 0 Å². The Labute approximate surface area is 130 Å². The molecule has 0 unspecified atom stereocenters.